The number of thiophene rings is 1. The highest BCUT2D eigenvalue weighted by atomic mass is 32.1. The van der Waals surface area contributed by atoms with E-state index in [9.17, 15) is 27.6 Å². The third-order valence-corrected chi connectivity index (χ3v) is 5.72. The molecule has 0 bridgehead atoms. The molecule has 0 unspecified atom stereocenters. The summed E-state index contributed by atoms with van der Waals surface area (Å²) in [5.41, 5.74) is -1.45. The quantitative estimate of drug-likeness (QED) is 0.405. The maximum Gasteiger partial charge on any atom is 0.416 e. The van der Waals surface area contributed by atoms with Crippen LogP contribution in [0.4, 0.5) is 18.2 Å². The van der Waals surface area contributed by atoms with Gasteiger partial charge in [-0.2, -0.15) is 23.0 Å². The van der Waals surface area contributed by atoms with Crippen LogP contribution in [-0.2, 0) is 10.9 Å². The number of hydrogen-bond acceptors (Lipinski definition) is 6. The summed E-state index contributed by atoms with van der Waals surface area (Å²) in [6, 6.07) is 12.1. The first-order valence-electron chi connectivity index (χ1n) is 9.96. The average molecular weight is 487 g/mol. The lowest BCUT2D eigenvalue weighted by Crippen LogP contribution is -2.25. The molecule has 4 aromatic rings. The number of benzene rings is 2. The van der Waals surface area contributed by atoms with Gasteiger partial charge in [-0.05, 0) is 43.3 Å². The van der Waals surface area contributed by atoms with Crippen LogP contribution in [0.15, 0.2) is 64.8 Å². The van der Waals surface area contributed by atoms with E-state index in [1.165, 1.54) is 5.38 Å². The Hall–Kier alpha value is -3.99. The van der Waals surface area contributed by atoms with E-state index in [0.717, 1.165) is 40.3 Å². The van der Waals surface area contributed by atoms with Crippen molar-refractivity contribution in [2.45, 2.75) is 13.1 Å². The lowest BCUT2D eigenvalue weighted by molar-refractivity contribution is -0.137. The number of amides is 1. The second-order valence-corrected chi connectivity index (χ2v) is 7.88. The summed E-state index contributed by atoms with van der Waals surface area (Å²) in [4.78, 5) is 38.5. The average Bonchev–Trinajstić information content (AvgIpc) is 3.23. The summed E-state index contributed by atoms with van der Waals surface area (Å²) in [7, 11) is 0. The molecule has 0 saturated heterocycles. The van der Waals surface area contributed by atoms with Gasteiger partial charge in [0.15, 0.2) is 5.69 Å². The molecule has 11 heteroatoms. The minimum Gasteiger partial charge on any atom is -0.461 e. The van der Waals surface area contributed by atoms with E-state index < -0.39 is 29.2 Å². The molecule has 2 heterocycles. The van der Waals surface area contributed by atoms with Crippen LogP contribution in [0.1, 0.15) is 33.3 Å². The molecule has 1 amide bonds. The number of alkyl halides is 3. The van der Waals surface area contributed by atoms with Crippen LogP contribution >= 0.6 is 11.3 Å². The maximum absolute atomic E-state index is 13.3. The molecule has 34 heavy (non-hydrogen) atoms. The number of ether oxygens (including phenoxy) is 1. The van der Waals surface area contributed by atoms with Crippen molar-refractivity contribution in [3.05, 3.63) is 87.2 Å². The molecular formula is C23H16F3N3O4S. The monoisotopic (exact) mass is 487 g/mol. The van der Waals surface area contributed by atoms with E-state index in [1.54, 1.807) is 37.3 Å². The van der Waals surface area contributed by atoms with Crippen molar-refractivity contribution >= 4 is 39.0 Å². The molecule has 0 aliphatic rings. The van der Waals surface area contributed by atoms with Crippen molar-refractivity contribution in [3.8, 4) is 5.69 Å². The lowest BCUT2D eigenvalue weighted by Gasteiger charge is -2.11. The predicted octanol–water partition coefficient (Wildman–Crippen LogP) is 4.90. The molecule has 1 N–H and O–H groups in total. The topological polar surface area (TPSA) is 90.3 Å². The molecule has 174 valence electrons. The zero-order chi connectivity index (χ0) is 24.5. The minimum absolute atomic E-state index is 0.00719. The fourth-order valence-electron chi connectivity index (χ4n) is 3.22. The Morgan fingerprint density at radius 2 is 1.76 bits per heavy atom. The highest BCUT2D eigenvalue weighted by Crippen LogP contribution is 2.32. The number of nitrogens with zero attached hydrogens (tertiary/aromatic N) is 2. The van der Waals surface area contributed by atoms with E-state index in [4.69, 9.17) is 4.74 Å². The Morgan fingerprint density at radius 1 is 1.09 bits per heavy atom. The van der Waals surface area contributed by atoms with Crippen LogP contribution in [-0.4, -0.2) is 28.3 Å². The molecular weight excluding hydrogens is 471 g/mol. The number of nitrogens with one attached hydrogen (secondary N) is 1. The van der Waals surface area contributed by atoms with Gasteiger partial charge in [0, 0.05) is 16.3 Å². The van der Waals surface area contributed by atoms with Gasteiger partial charge in [-0.15, -0.1) is 11.3 Å². The molecule has 2 aromatic carbocycles. The Morgan fingerprint density at radius 3 is 2.38 bits per heavy atom. The first kappa shape index (κ1) is 23.2. The first-order valence-corrected chi connectivity index (χ1v) is 10.8. The Balaban J connectivity index is 1.87. The summed E-state index contributed by atoms with van der Waals surface area (Å²) in [6.07, 6.45) is -4.56. The molecule has 0 aliphatic carbocycles. The summed E-state index contributed by atoms with van der Waals surface area (Å²) < 4.78 is 44.7. The van der Waals surface area contributed by atoms with Gasteiger partial charge in [0.2, 0.25) is 0 Å². The fraction of sp³-hybridized carbons (Fsp3) is 0.130. The normalized spacial score (nSPS) is 11.4. The SMILES string of the molecule is CCOC(=O)c1nn(-c2ccc(C(F)(F)F)cc2)c(=O)c2c(NC(=O)c3ccccc3)scc12. The standard InChI is InChI=1S/C23H16F3N3O4S/c1-2-33-22(32)18-16-12-34-20(27-19(30)13-6-4-3-5-7-13)17(16)21(31)29(28-18)15-10-8-14(9-11-15)23(24,25)26/h3-12H,2H2,1H3,(H,27,30). The summed E-state index contributed by atoms with van der Waals surface area (Å²) in [6.45, 7) is 1.64. The maximum atomic E-state index is 13.3. The number of fused-ring (bicyclic) bond motifs is 1. The van der Waals surface area contributed by atoms with Crippen LogP contribution in [0.3, 0.4) is 0 Å². The third-order valence-electron chi connectivity index (χ3n) is 4.82. The van der Waals surface area contributed by atoms with Crippen LogP contribution in [0.2, 0.25) is 0 Å². The van der Waals surface area contributed by atoms with Gasteiger partial charge in [-0.25, -0.2) is 4.79 Å². The number of anilines is 1. The van der Waals surface area contributed by atoms with Crippen molar-refractivity contribution in [2.24, 2.45) is 0 Å². The molecule has 0 saturated carbocycles. The van der Waals surface area contributed by atoms with Crippen LogP contribution in [0.25, 0.3) is 16.5 Å². The first-order chi connectivity index (χ1) is 16.2. The van der Waals surface area contributed by atoms with Crippen molar-refractivity contribution in [1.82, 2.24) is 9.78 Å². The number of hydrogen-bond donors (Lipinski definition) is 1. The zero-order valence-corrected chi connectivity index (χ0v) is 18.4. The van der Waals surface area contributed by atoms with Gasteiger partial charge in [0.1, 0.15) is 5.00 Å². The second kappa shape index (κ2) is 9.10. The van der Waals surface area contributed by atoms with Gasteiger partial charge in [0.05, 0.1) is 23.2 Å². The zero-order valence-electron chi connectivity index (χ0n) is 17.6. The van der Waals surface area contributed by atoms with Crippen molar-refractivity contribution in [2.75, 3.05) is 11.9 Å². The molecule has 0 atom stereocenters. The van der Waals surface area contributed by atoms with Gasteiger partial charge < -0.3 is 10.1 Å². The number of rotatable bonds is 5. The fourth-order valence-corrected chi connectivity index (χ4v) is 4.16. The lowest BCUT2D eigenvalue weighted by atomic mass is 10.2. The molecule has 2 aromatic heterocycles. The number of aromatic nitrogens is 2. The summed E-state index contributed by atoms with van der Waals surface area (Å²) in [5, 5.41) is 8.56. The van der Waals surface area contributed by atoms with Crippen LogP contribution in [0.5, 0.6) is 0 Å². The molecule has 0 spiro atoms. The second-order valence-electron chi connectivity index (χ2n) is 7.00. The summed E-state index contributed by atoms with van der Waals surface area (Å²) >= 11 is 1.02. The molecule has 0 fully saturated rings. The molecule has 0 aliphatic heterocycles. The largest absolute Gasteiger partial charge is 0.461 e. The summed E-state index contributed by atoms with van der Waals surface area (Å²) in [5.74, 6) is -1.29. The predicted molar refractivity (Wildman–Crippen MR) is 121 cm³/mol. The van der Waals surface area contributed by atoms with Crippen LogP contribution in [0, 0.1) is 0 Å². The van der Waals surface area contributed by atoms with E-state index >= 15 is 0 Å². The minimum atomic E-state index is -4.56. The number of esters is 1. The Bertz CT molecular complexity index is 1430. The van der Waals surface area contributed by atoms with Gasteiger partial charge in [-0.3, -0.25) is 9.59 Å². The van der Waals surface area contributed by atoms with Gasteiger partial charge in [-0.1, -0.05) is 18.2 Å². The van der Waals surface area contributed by atoms with Gasteiger partial charge >= 0.3 is 12.1 Å². The van der Waals surface area contributed by atoms with E-state index in [0.29, 0.717) is 5.56 Å². The van der Waals surface area contributed by atoms with Crippen molar-refractivity contribution in [3.63, 3.8) is 0 Å². The Labute approximate surface area is 194 Å². The number of carbonyl (C=O) groups excluding carboxylic acids is 2. The molecule has 4 rings (SSSR count). The van der Waals surface area contributed by atoms with E-state index in [2.05, 4.69) is 10.4 Å². The highest BCUT2D eigenvalue weighted by molar-refractivity contribution is 7.16. The number of carbonyl (C=O) groups is 2. The van der Waals surface area contributed by atoms with Gasteiger partial charge in [0.25, 0.3) is 11.5 Å². The van der Waals surface area contributed by atoms with Crippen molar-refractivity contribution in [1.29, 1.82) is 0 Å². The van der Waals surface area contributed by atoms with E-state index in [1.807, 2.05) is 0 Å². The molecule has 0 radical (unpaired) electrons. The highest BCUT2D eigenvalue weighted by Gasteiger charge is 2.30. The molecule has 7 nitrogen and oxygen atoms in total. The third kappa shape index (κ3) is 4.42. The van der Waals surface area contributed by atoms with E-state index in [-0.39, 0.29) is 33.8 Å². The smallest absolute Gasteiger partial charge is 0.416 e. The van der Waals surface area contributed by atoms with Crippen molar-refractivity contribution < 1.29 is 27.5 Å². The number of halogens is 3. The van der Waals surface area contributed by atoms with Crippen LogP contribution < -0.4 is 10.9 Å². The Kier molecular flexibility index (Phi) is 6.20.